The molecule has 2 aromatic carbocycles. The van der Waals surface area contributed by atoms with Crippen molar-refractivity contribution in [1.29, 1.82) is 0 Å². The maximum Gasteiger partial charge on any atom is 0.399 e. The number of nitrogens with one attached hydrogen (secondary N) is 1. The molecule has 4 rings (SSSR count). The molecular weight excluding hydrogens is 613 g/mol. The van der Waals surface area contributed by atoms with Gasteiger partial charge in [0.05, 0.1) is 6.61 Å². The van der Waals surface area contributed by atoms with E-state index in [1.165, 1.54) is 36.2 Å². The zero-order chi connectivity index (χ0) is 22.3. The normalized spacial score (nSPS) is 16.2. The smallest absolute Gasteiger partial charge is 0.399 e. The molecule has 0 bridgehead atoms. The predicted octanol–water partition coefficient (Wildman–Crippen LogP) is 5.55. The summed E-state index contributed by atoms with van der Waals surface area (Å²) < 4.78 is 41.9. The van der Waals surface area contributed by atoms with Crippen molar-refractivity contribution < 1.29 is 43.4 Å². The van der Waals surface area contributed by atoms with Gasteiger partial charge in [-0.25, -0.2) is 0 Å². The van der Waals surface area contributed by atoms with Crippen LogP contribution in [0.15, 0.2) is 59.1 Å². The maximum absolute atomic E-state index is 12.8. The van der Waals surface area contributed by atoms with E-state index in [2.05, 4.69) is 49.9 Å². The van der Waals surface area contributed by atoms with E-state index in [4.69, 9.17) is 10.8 Å². The summed E-state index contributed by atoms with van der Waals surface area (Å²) in [4.78, 5) is 5.73. The second kappa shape index (κ2) is 12.4. The Kier molecular flexibility index (Phi) is 10.2. The van der Waals surface area contributed by atoms with Crippen LogP contribution in [-0.2, 0) is 26.3 Å². The van der Waals surface area contributed by atoms with Crippen molar-refractivity contribution in [3.63, 3.8) is 0 Å². The number of aliphatic hydroxyl groups is 1. The first-order chi connectivity index (χ1) is 14.9. The van der Waals surface area contributed by atoms with Gasteiger partial charge in [0.2, 0.25) is 5.82 Å². The minimum atomic E-state index is -3.85. The number of alkyl halides is 2. The molecule has 0 amide bonds. The maximum atomic E-state index is 12.8. The molecule has 11 heteroatoms. The Morgan fingerprint density at radius 3 is 2.47 bits per heavy atom. The molecule has 32 heavy (non-hydrogen) atoms. The zero-order valence-electron chi connectivity index (χ0n) is 17.0. The second-order valence-corrected chi connectivity index (χ2v) is 7.68. The van der Waals surface area contributed by atoms with Gasteiger partial charge in [0.15, 0.2) is 0 Å². The number of rotatable bonds is 6. The second-order valence-electron chi connectivity index (χ2n) is 7.01. The van der Waals surface area contributed by atoms with Crippen molar-refractivity contribution >= 4 is 17.8 Å². The summed E-state index contributed by atoms with van der Waals surface area (Å²) in [6, 6.07) is 16.5. The minimum Gasteiger partial charge on any atom is -0.699 e. The molecule has 2 N–H and O–H groups in total. The van der Waals surface area contributed by atoms with E-state index in [-0.39, 0.29) is 39.2 Å². The van der Waals surface area contributed by atoms with Crippen LogP contribution in [0, 0.1) is 0 Å². The number of hydrogen-bond acceptors (Lipinski definition) is 6. The van der Waals surface area contributed by atoms with Gasteiger partial charge in [0.25, 0.3) is 0 Å². The van der Waals surface area contributed by atoms with Crippen LogP contribution in [-0.4, -0.2) is 46.4 Å². The fraction of sp³-hybridized carbons (Fsp3) is 0.333. The van der Waals surface area contributed by atoms with Gasteiger partial charge in [-0.3, -0.25) is 0 Å². The molecule has 6 nitrogen and oxygen atoms in total. The fourth-order valence-corrected chi connectivity index (χ4v) is 3.43. The zero-order valence-corrected chi connectivity index (χ0v) is 20.7. The molecule has 2 heterocycles. The van der Waals surface area contributed by atoms with Crippen LogP contribution in [0.2, 0.25) is 0 Å². The van der Waals surface area contributed by atoms with E-state index >= 15 is 0 Å². The molecule has 1 aliphatic heterocycles. The summed E-state index contributed by atoms with van der Waals surface area (Å²) >= 11 is -1.17. The number of nitrogens with zero attached hydrogens (tertiary/aromatic N) is 3. The van der Waals surface area contributed by atoms with Gasteiger partial charge in [0, 0.05) is 39.7 Å². The number of benzene rings is 2. The number of aliphatic hydroxyl groups excluding tert-OH is 1. The van der Waals surface area contributed by atoms with Crippen molar-refractivity contribution in [3.05, 3.63) is 71.8 Å². The topological polar surface area (TPSA) is 86.2 Å². The van der Waals surface area contributed by atoms with Gasteiger partial charge >= 0.3 is 11.1 Å². The van der Waals surface area contributed by atoms with Crippen LogP contribution in [0.4, 0.5) is 18.4 Å². The molecule has 172 valence electrons. The van der Waals surface area contributed by atoms with E-state index in [1.54, 1.807) is 0 Å². The van der Waals surface area contributed by atoms with Gasteiger partial charge in [-0.05, 0) is 24.4 Å². The first-order valence-corrected chi connectivity index (χ1v) is 10.4. The predicted molar refractivity (Wildman–Crippen MR) is 114 cm³/mol. The molecule has 1 atom stereocenters. The Labute approximate surface area is 202 Å². The van der Waals surface area contributed by atoms with E-state index in [0.29, 0.717) is 11.5 Å². The van der Waals surface area contributed by atoms with Crippen molar-refractivity contribution in [1.82, 2.24) is 15.0 Å². The third-order valence-corrected chi connectivity index (χ3v) is 5.24. The van der Waals surface area contributed by atoms with Crippen molar-refractivity contribution in [2.24, 2.45) is 0 Å². The average Bonchev–Trinajstić information content (AvgIpc) is 3.46. The van der Waals surface area contributed by atoms with Crippen LogP contribution in [0.5, 0.6) is 0 Å². The summed E-state index contributed by atoms with van der Waals surface area (Å²) in [6.07, 6.45) is 1.23. The average molecular weight is 635 g/mol. The van der Waals surface area contributed by atoms with Gasteiger partial charge in [0.1, 0.15) is 12.1 Å². The quantitative estimate of drug-likeness (QED) is 0.383. The number of aromatic nitrogens is 2. The molecule has 0 aliphatic carbocycles. The van der Waals surface area contributed by atoms with E-state index in [0.717, 1.165) is 19.6 Å². The SMILES string of the molecule is OCCN1CCC(c2ccccc2)C1.[NH-]c1ccc(-c2noc(C(F)(F)SF)n2)cc1.[W]. The first kappa shape index (κ1) is 26.4. The number of β-amino-alcohol motifs (C(OH)–C–C–N with tert-alkyl or cyclic N) is 1. The summed E-state index contributed by atoms with van der Waals surface area (Å²) in [7, 11) is 0. The number of hydrogen-bond donors (Lipinski definition) is 1. The van der Waals surface area contributed by atoms with Crippen LogP contribution < -0.4 is 0 Å². The minimum absolute atomic E-state index is 0. The van der Waals surface area contributed by atoms with Crippen molar-refractivity contribution in [3.8, 4) is 11.4 Å². The van der Waals surface area contributed by atoms with E-state index in [1.807, 2.05) is 0 Å². The molecule has 1 fully saturated rings. The molecule has 0 spiro atoms. The van der Waals surface area contributed by atoms with Gasteiger partial charge in [-0.1, -0.05) is 59.8 Å². The largest absolute Gasteiger partial charge is 0.699 e. The third kappa shape index (κ3) is 7.07. The van der Waals surface area contributed by atoms with E-state index in [9.17, 15) is 12.7 Å². The van der Waals surface area contributed by atoms with Gasteiger partial charge in [-0.15, -0.1) is 5.69 Å². The molecular formula is C21H22F3N4O2SW-. The van der Waals surface area contributed by atoms with Crippen LogP contribution in [0.1, 0.15) is 23.8 Å². The molecule has 3 aromatic rings. The summed E-state index contributed by atoms with van der Waals surface area (Å²) in [5.74, 6) is -0.494. The standard InChI is InChI=1S/C12H17NO.C9H5F3N3OS.W/c14-9-8-13-7-6-12(10-13)11-4-2-1-3-5-11;10-9(11,17-12)8-14-7(15-16-8)5-1-3-6(13)4-2-5;/h1-5,12,14H,6-10H2;1-4,13H;/q;-1;. The molecule has 1 aromatic heterocycles. The van der Waals surface area contributed by atoms with Crippen LogP contribution >= 0.6 is 12.1 Å². The molecule has 1 unspecified atom stereocenters. The molecule has 1 saturated heterocycles. The molecule has 0 saturated carbocycles. The fourth-order valence-electron chi connectivity index (χ4n) is 3.29. The number of likely N-dealkylation sites (tertiary alicyclic amines) is 1. The number of halogens is 3. The summed E-state index contributed by atoms with van der Waals surface area (Å²) in [5.41, 5.74) is 9.37. The Morgan fingerprint density at radius 2 is 1.84 bits per heavy atom. The Bertz CT molecular complexity index is 948. The molecule has 0 radical (unpaired) electrons. The van der Waals surface area contributed by atoms with Crippen molar-refractivity contribution in [2.75, 3.05) is 26.2 Å². The molecule has 1 aliphatic rings. The first-order valence-electron chi connectivity index (χ1n) is 9.65. The van der Waals surface area contributed by atoms with Crippen molar-refractivity contribution in [2.45, 2.75) is 17.6 Å². The van der Waals surface area contributed by atoms with Gasteiger partial charge < -0.3 is 20.3 Å². The van der Waals surface area contributed by atoms with Gasteiger partial charge in [-0.2, -0.15) is 17.7 Å². The Hall–Kier alpha value is -1.87. The monoisotopic (exact) mass is 635 g/mol. The van der Waals surface area contributed by atoms with E-state index < -0.39 is 23.3 Å². The Balaban J connectivity index is 0.000000224. The summed E-state index contributed by atoms with van der Waals surface area (Å²) in [5, 5.41) is 8.32. The Morgan fingerprint density at radius 1 is 1.16 bits per heavy atom. The summed E-state index contributed by atoms with van der Waals surface area (Å²) in [6.45, 7) is 3.33. The van der Waals surface area contributed by atoms with Crippen LogP contribution in [0.3, 0.4) is 0 Å². The third-order valence-electron chi connectivity index (χ3n) is 4.87. The van der Waals surface area contributed by atoms with Crippen LogP contribution in [0.25, 0.3) is 17.1 Å².